The van der Waals surface area contributed by atoms with Crippen molar-refractivity contribution in [2.24, 2.45) is 5.73 Å². The van der Waals surface area contributed by atoms with Crippen molar-refractivity contribution in [3.63, 3.8) is 0 Å². The minimum atomic E-state index is 0.792. The zero-order valence-corrected chi connectivity index (χ0v) is 2.15. The monoisotopic (exact) mass is 53.0 g/mol. The van der Waals surface area contributed by atoms with Gasteiger partial charge in [0.1, 0.15) is 0 Å². The molecule has 0 heterocycles. The van der Waals surface area contributed by atoms with Gasteiger partial charge in [-0.3, -0.25) is 0 Å². The van der Waals surface area contributed by atoms with Crippen LogP contribution in [0, 0.1) is 0 Å². The van der Waals surface area contributed by atoms with Crippen molar-refractivity contribution in [2.75, 3.05) is 0 Å². The van der Waals surface area contributed by atoms with Gasteiger partial charge >= 0.3 is 0 Å². The fraction of sp³-hybridized carbons (Fsp3) is 0. The van der Waals surface area contributed by atoms with E-state index >= 15 is 0 Å². The van der Waals surface area contributed by atoms with Gasteiger partial charge in [-0.2, -0.15) is 0 Å². The molecule has 0 spiro atoms. The lowest BCUT2D eigenvalue weighted by Gasteiger charge is -1.52. The van der Waals surface area contributed by atoms with Crippen LogP contribution in [0.1, 0.15) is 0 Å². The van der Waals surface area contributed by atoms with Gasteiger partial charge in [-0.15, -0.1) is 0 Å². The molecule has 20 valence electrons. The van der Waals surface area contributed by atoms with Crippen molar-refractivity contribution < 1.29 is 0 Å². The molecule has 1 heteroatoms. The van der Waals surface area contributed by atoms with Crippen LogP contribution in [0.2, 0.25) is 0 Å². The first-order valence-electron chi connectivity index (χ1n) is 1.12. The Bertz CT molecular complexity index is 85.5. The van der Waals surface area contributed by atoms with Crippen LogP contribution in [-0.2, 0) is 0 Å². The predicted molar refractivity (Wildman–Crippen MR) is 15.8 cm³/mol. The highest BCUT2D eigenvalue weighted by atomic mass is 14.6. The summed E-state index contributed by atoms with van der Waals surface area (Å²) in [7, 11) is 0. The normalized spacial score (nSPS) is 15.5. The Morgan fingerprint density at radius 2 is 2.25 bits per heavy atom. The summed E-state index contributed by atoms with van der Waals surface area (Å²) < 4.78 is 0. The first-order valence-corrected chi connectivity index (χ1v) is 1.12. The predicted octanol–water partition coefficient (Wildman–Crippen LogP) is -0.00230. The van der Waals surface area contributed by atoms with E-state index in [-0.39, 0.29) is 0 Å². The zero-order valence-electron chi connectivity index (χ0n) is 2.15. The number of rotatable bonds is 0. The average molecular weight is 53.1 g/mol. The van der Waals surface area contributed by atoms with E-state index in [1.54, 1.807) is 6.08 Å². The topological polar surface area (TPSA) is 26.0 Å². The summed E-state index contributed by atoms with van der Waals surface area (Å²) >= 11 is 0. The summed E-state index contributed by atoms with van der Waals surface area (Å²) in [6.07, 6.45) is 1.74. The Hall–Kier alpha value is -0.680. The first-order chi connectivity index (χ1) is 1.89. The minimum absolute atomic E-state index is 0.792. The van der Waals surface area contributed by atoms with Gasteiger partial charge < -0.3 is 5.73 Å². The molecular formula is C3H3N. The quantitative estimate of drug-likeness (QED) is 0.386. The van der Waals surface area contributed by atoms with Crippen molar-refractivity contribution in [3.05, 3.63) is 17.5 Å². The van der Waals surface area contributed by atoms with Gasteiger partial charge in [0.2, 0.25) is 0 Å². The van der Waals surface area contributed by atoms with Gasteiger partial charge in [-0.25, -0.2) is 0 Å². The highest BCUT2D eigenvalue weighted by Gasteiger charge is 1.82. The van der Waals surface area contributed by atoms with E-state index in [9.17, 15) is 0 Å². The second-order valence-electron chi connectivity index (χ2n) is 0.744. The van der Waals surface area contributed by atoms with E-state index in [4.69, 9.17) is 5.73 Å². The first kappa shape index (κ1) is 1.62. The van der Waals surface area contributed by atoms with Crippen molar-refractivity contribution in [1.29, 1.82) is 0 Å². The Labute approximate surface area is 24.4 Å². The molecule has 1 aliphatic rings. The summed E-state index contributed by atoms with van der Waals surface area (Å²) in [5, 5.41) is 0. The van der Waals surface area contributed by atoms with Crippen LogP contribution in [0.25, 0.3) is 0 Å². The van der Waals surface area contributed by atoms with Gasteiger partial charge in [-0.05, 0) is 0 Å². The van der Waals surface area contributed by atoms with Crippen LogP contribution >= 0.6 is 0 Å². The third kappa shape index (κ3) is 0.0251. The van der Waals surface area contributed by atoms with Crippen LogP contribution in [0.4, 0.5) is 0 Å². The van der Waals surface area contributed by atoms with E-state index in [1.807, 2.05) is 0 Å². The summed E-state index contributed by atoms with van der Waals surface area (Å²) in [6.45, 7) is 0. The molecule has 0 bridgehead atoms. The molecular weight excluding hydrogens is 50.0 g/mol. The molecule has 0 unspecified atom stereocenters. The van der Waals surface area contributed by atoms with Gasteiger partial charge in [0.05, 0.1) is 5.70 Å². The van der Waals surface area contributed by atoms with Crippen LogP contribution in [-0.4, -0.2) is 0 Å². The Morgan fingerprint density at radius 3 is 2.25 bits per heavy atom. The highest BCUT2D eigenvalue weighted by molar-refractivity contribution is 5.26. The number of hydrogen-bond donors (Lipinski definition) is 1. The molecule has 0 amide bonds. The smallest absolute Gasteiger partial charge is 0.0827 e. The molecule has 0 saturated heterocycles. The van der Waals surface area contributed by atoms with Gasteiger partial charge in [0, 0.05) is 6.08 Å². The van der Waals surface area contributed by atoms with Crippen LogP contribution in [0.3, 0.4) is 0 Å². The van der Waals surface area contributed by atoms with Crippen molar-refractivity contribution in [2.45, 2.75) is 0 Å². The Kier molecular flexibility index (Phi) is 0.0878. The molecule has 0 aromatic heterocycles. The summed E-state index contributed by atoms with van der Waals surface area (Å²) in [5.41, 5.74) is 8.43. The number of hydrogen-bond acceptors (Lipinski definition) is 1. The Balaban J connectivity index is 2.75. The largest absolute Gasteiger partial charge is 0.392 e. The van der Waals surface area contributed by atoms with E-state index in [1.165, 1.54) is 0 Å². The SMILES string of the molecule is NC1=C=C1. The molecule has 1 aliphatic carbocycles. The van der Waals surface area contributed by atoms with Gasteiger partial charge in [-0.1, -0.05) is 5.73 Å². The summed E-state index contributed by atoms with van der Waals surface area (Å²) in [5.74, 6) is 0. The molecule has 2 N–H and O–H groups in total. The lowest BCUT2D eigenvalue weighted by atomic mass is 10.8. The maximum Gasteiger partial charge on any atom is 0.0827 e. The second-order valence-corrected chi connectivity index (χ2v) is 0.744. The van der Waals surface area contributed by atoms with Gasteiger partial charge in [0.25, 0.3) is 0 Å². The standard InChI is InChI=1S/C3H3N/c4-3-1-2-3/h1H,4H2. The molecule has 0 aromatic rings. The lowest BCUT2D eigenvalue weighted by molar-refractivity contribution is 1.54. The third-order valence-corrected chi connectivity index (χ3v) is 0.311. The van der Waals surface area contributed by atoms with Gasteiger partial charge in [0.15, 0.2) is 0 Å². The minimum Gasteiger partial charge on any atom is -0.392 e. The average Bonchev–Trinajstić information content (AvgIpc) is 1.75. The van der Waals surface area contributed by atoms with Crippen molar-refractivity contribution in [3.8, 4) is 0 Å². The van der Waals surface area contributed by atoms with E-state index in [2.05, 4.69) is 5.73 Å². The second kappa shape index (κ2) is 0.217. The van der Waals surface area contributed by atoms with E-state index in [0.717, 1.165) is 5.70 Å². The van der Waals surface area contributed by atoms with Crippen LogP contribution in [0.5, 0.6) is 0 Å². The molecule has 0 aliphatic heterocycles. The molecule has 0 fully saturated rings. The molecule has 1 nitrogen and oxygen atoms in total. The molecule has 0 radical (unpaired) electrons. The van der Waals surface area contributed by atoms with Crippen molar-refractivity contribution >= 4 is 0 Å². The van der Waals surface area contributed by atoms with Crippen molar-refractivity contribution in [1.82, 2.24) is 0 Å². The Morgan fingerprint density at radius 1 is 2.00 bits per heavy atom. The highest BCUT2D eigenvalue weighted by Crippen LogP contribution is 1.91. The fourth-order valence-electron chi connectivity index (χ4n) is 0.0417. The van der Waals surface area contributed by atoms with Crippen LogP contribution < -0.4 is 5.73 Å². The molecule has 0 aromatic carbocycles. The maximum atomic E-state index is 4.97. The molecule has 0 atom stereocenters. The molecule has 0 saturated carbocycles. The fourth-order valence-corrected chi connectivity index (χ4v) is 0.0417. The number of nitrogens with two attached hydrogens (primary N) is 1. The molecule has 4 heavy (non-hydrogen) atoms. The van der Waals surface area contributed by atoms with E-state index < -0.39 is 0 Å². The summed E-state index contributed by atoms with van der Waals surface area (Å²) in [6, 6.07) is 0. The third-order valence-electron chi connectivity index (χ3n) is 0.311. The van der Waals surface area contributed by atoms with E-state index in [0.29, 0.717) is 0 Å². The summed E-state index contributed by atoms with van der Waals surface area (Å²) in [4.78, 5) is 0. The maximum absolute atomic E-state index is 4.97. The molecule has 1 rings (SSSR count). The zero-order chi connectivity index (χ0) is 2.99. The van der Waals surface area contributed by atoms with Crippen LogP contribution in [0.15, 0.2) is 17.5 Å². The lowest BCUT2D eigenvalue weighted by Crippen LogP contribution is -1.77.